The maximum atomic E-state index is 12.7. The van der Waals surface area contributed by atoms with Gasteiger partial charge in [-0.3, -0.25) is 5.32 Å². The van der Waals surface area contributed by atoms with Crippen molar-refractivity contribution in [1.82, 2.24) is 16.0 Å². The lowest BCUT2D eigenvalue weighted by atomic mass is 9.63. The summed E-state index contributed by atoms with van der Waals surface area (Å²) in [5.41, 5.74) is -2.97. The van der Waals surface area contributed by atoms with Crippen LogP contribution < -0.4 is 39.6 Å². The van der Waals surface area contributed by atoms with Gasteiger partial charge in [-0.25, -0.2) is 4.79 Å². The summed E-state index contributed by atoms with van der Waals surface area (Å²) in [6.07, 6.45) is -7.10. The number of benzene rings is 3. The Kier molecular flexibility index (Phi) is 8.05. The summed E-state index contributed by atoms with van der Waals surface area (Å²) in [4.78, 5) is 12.7. The molecule has 16 heteroatoms. The van der Waals surface area contributed by atoms with E-state index in [0.717, 1.165) is 11.1 Å². The first-order chi connectivity index (χ1) is 24.9. The number of carbonyl (C=O) groups is 1. The van der Waals surface area contributed by atoms with Crippen molar-refractivity contribution in [3.63, 3.8) is 0 Å². The maximum absolute atomic E-state index is 12.7. The van der Waals surface area contributed by atoms with Crippen LogP contribution in [0.15, 0.2) is 42.5 Å². The standard InChI is InChI=1S/C36H41N3O13/c1-37-20-8-9-34-25-19(20)13-22(47-3)26(48-4)27(25)51-29(34)24-18(15-6-5-7-16(40)10-15)11-17(12-21(24)50-33(34)45)49-30-28(41)36(46)31(42)35(52-30,32(43)44)23(38-2)14-39-36/h5-7,10-13,20,23,28-31,33,37-42,45-46H,8-9,14H2,1-4H3,(H,43,44). The van der Waals surface area contributed by atoms with Crippen molar-refractivity contribution in [2.45, 2.75) is 72.6 Å². The monoisotopic (exact) mass is 723 g/mol. The first-order valence-electron chi connectivity index (χ1n) is 16.9. The maximum Gasteiger partial charge on any atom is 0.340 e. The third-order valence-corrected chi connectivity index (χ3v) is 11.5. The third-order valence-electron chi connectivity index (χ3n) is 11.5. The zero-order chi connectivity index (χ0) is 36.9. The quantitative estimate of drug-likeness (QED) is 0.153. The van der Waals surface area contributed by atoms with Crippen LogP contribution in [-0.4, -0.2) is 114 Å². The van der Waals surface area contributed by atoms with Gasteiger partial charge in [0.2, 0.25) is 23.9 Å². The topological polar surface area (TPSA) is 230 Å². The third kappa shape index (κ3) is 4.46. The number of rotatable bonds is 8. The van der Waals surface area contributed by atoms with Gasteiger partial charge in [-0.15, -0.1) is 0 Å². The van der Waals surface area contributed by atoms with Gasteiger partial charge in [-0.1, -0.05) is 12.1 Å². The average Bonchev–Trinajstić information content (AvgIpc) is 3.49. The summed E-state index contributed by atoms with van der Waals surface area (Å²) >= 11 is 0. The number of ether oxygens (including phenoxy) is 6. The van der Waals surface area contributed by atoms with E-state index in [1.54, 1.807) is 18.2 Å². The van der Waals surface area contributed by atoms with Gasteiger partial charge in [-0.05, 0) is 67.9 Å². The van der Waals surface area contributed by atoms with Crippen LogP contribution in [0.2, 0.25) is 0 Å². The summed E-state index contributed by atoms with van der Waals surface area (Å²) in [6, 6.07) is 10.2. The van der Waals surface area contributed by atoms with E-state index < -0.39 is 59.6 Å². The second-order valence-corrected chi connectivity index (χ2v) is 13.8. The molecule has 1 spiro atoms. The molecule has 3 aromatic carbocycles. The molecule has 0 saturated carbocycles. The fraction of sp³-hybridized carbons (Fsp3) is 0.472. The first kappa shape index (κ1) is 34.7. The van der Waals surface area contributed by atoms with Gasteiger partial charge in [0.1, 0.15) is 34.9 Å². The van der Waals surface area contributed by atoms with E-state index in [-0.39, 0.29) is 29.8 Å². The van der Waals surface area contributed by atoms with Gasteiger partial charge in [0.15, 0.2) is 23.3 Å². The number of nitrogens with one attached hydrogen (secondary N) is 3. The Morgan fingerprint density at radius 3 is 2.50 bits per heavy atom. The van der Waals surface area contributed by atoms with Crippen molar-refractivity contribution >= 4 is 5.97 Å². The zero-order valence-corrected chi connectivity index (χ0v) is 28.7. The Bertz CT molecular complexity index is 1950. The van der Waals surface area contributed by atoms with E-state index >= 15 is 0 Å². The molecular formula is C36H41N3O13. The number of carboxylic acids is 1. The van der Waals surface area contributed by atoms with E-state index in [2.05, 4.69) is 16.0 Å². The highest BCUT2D eigenvalue weighted by molar-refractivity contribution is 5.81. The average molecular weight is 724 g/mol. The number of aliphatic hydroxyl groups is 4. The van der Waals surface area contributed by atoms with Crippen LogP contribution in [0.5, 0.6) is 34.5 Å². The van der Waals surface area contributed by atoms with Gasteiger partial charge >= 0.3 is 5.97 Å². The Morgan fingerprint density at radius 2 is 1.83 bits per heavy atom. The predicted molar refractivity (Wildman–Crippen MR) is 179 cm³/mol. The molecule has 5 aliphatic rings. The molecule has 10 atom stereocenters. The van der Waals surface area contributed by atoms with Crippen LogP contribution >= 0.6 is 0 Å². The number of likely N-dealkylation sites (N-methyl/N-ethyl adjacent to an activating group) is 1. The summed E-state index contributed by atoms with van der Waals surface area (Å²) in [5, 5.41) is 75.5. The Morgan fingerprint density at radius 1 is 1.04 bits per heavy atom. The largest absolute Gasteiger partial charge is 0.508 e. The van der Waals surface area contributed by atoms with Crippen molar-refractivity contribution in [1.29, 1.82) is 0 Å². The summed E-state index contributed by atoms with van der Waals surface area (Å²) in [6.45, 7) is -0.161. The van der Waals surface area contributed by atoms with Crippen molar-refractivity contribution in [2.24, 2.45) is 0 Å². The summed E-state index contributed by atoms with van der Waals surface area (Å²) in [5.74, 6) is -0.282. The van der Waals surface area contributed by atoms with Crippen molar-refractivity contribution in [3.05, 3.63) is 59.2 Å². The van der Waals surface area contributed by atoms with Crippen LogP contribution in [0, 0.1) is 0 Å². The lowest BCUT2D eigenvalue weighted by molar-refractivity contribution is -0.362. The van der Waals surface area contributed by atoms with Gasteiger partial charge in [0, 0.05) is 29.8 Å². The summed E-state index contributed by atoms with van der Waals surface area (Å²) < 4.78 is 36.8. The van der Waals surface area contributed by atoms with E-state index in [1.807, 2.05) is 13.1 Å². The highest BCUT2D eigenvalue weighted by Gasteiger charge is 2.72. The molecule has 0 amide bonds. The van der Waals surface area contributed by atoms with Crippen molar-refractivity contribution < 1.29 is 63.9 Å². The Balaban J connectivity index is 1.29. The molecule has 9 N–H and O–H groups in total. The van der Waals surface area contributed by atoms with Crippen LogP contribution in [-0.2, 0) is 14.9 Å². The molecule has 278 valence electrons. The molecule has 52 heavy (non-hydrogen) atoms. The van der Waals surface area contributed by atoms with E-state index in [9.17, 15) is 35.4 Å². The number of aliphatic hydroxyl groups excluding tert-OH is 3. The molecule has 4 aliphatic heterocycles. The molecule has 16 nitrogen and oxygen atoms in total. The Labute approximate surface area is 297 Å². The van der Waals surface area contributed by atoms with Crippen molar-refractivity contribution in [3.8, 4) is 45.6 Å². The molecule has 1 aliphatic carbocycles. The number of aromatic hydroxyl groups is 1. The molecule has 2 fully saturated rings. The molecule has 3 aromatic rings. The Hall–Kier alpha value is -4.39. The molecule has 2 bridgehead atoms. The van der Waals surface area contributed by atoms with E-state index in [1.165, 1.54) is 39.5 Å². The molecule has 0 aromatic heterocycles. The second kappa shape index (κ2) is 12.1. The SMILES string of the molecule is CNC1CCC23c4c1cc(OC)c(OC)c4OC2c1c(cc(OC2OC4(C(=O)O)C(NC)CNC(O)(C2O)C4O)cc1-c1cccc(O)c1)OC3O. The number of fused-ring (bicyclic) bond motifs is 4. The number of phenols is 1. The number of hydrogen-bond donors (Lipinski definition) is 9. The summed E-state index contributed by atoms with van der Waals surface area (Å²) in [7, 11) is 6.37. The smallest absolute Gasteiger partial charge is 0.340 e. The molecule has 10 unspecified atom stereocenters. The number of phenolic OH excluding ortho intramolecular Hbond substituents is 1. The van der Waals surface area contributed by atoms with Crippen LogP contribution in [0.25, 0.3) is 11.1 Å². The first-order valence-corrected chi connectivity index (χ1v) is 16.9. The second-order valence-electron chi connectivity index (χ2n) is 13.8. The van der Waals surface area contributed by atoms with Gasteiger partial charge in [-0.2, -0.15) is 0 Å². The van der Waals surface area contributed by atoms with Crippen LogP contribution in [0.4, 0.5) is 0 Å². The van der Waals surface area contributed by atoms with E-state index in [0.29, 0.717) is 46.8 Å². The van der Waals surface area contributed by atoms with Crippen molar-refractivity contribution in [2.75, 3.05) is 34.9 Å². The molecule has 8 rings (SSSR count). The van der Waals surface area contributed by atoms with Gasteiger partial charge in [0.05, 0.1) is 20.3 Å². The number of hydrogen-bond acceptors (Lipinski definition) is 15. The minimum absolute atomic E-state index is 0.0155. The highest BCUT2D eigenvalue weighted by atomic mass is 16.7. The zero-order valence-electron chi connectivity index (χ0n) is 28.7. The number of carboxylic acid groups (broad SMARTS) is 1. The molecule has 4 heterocycles. The highest BCUT2D eigenvalue weighted by Crippen LogP contribution is 2.67. The van der Waals surface area contributed by atoms with Gasteiger partial charge < -0.3 is 69.7 Å². The van der Waals surface area contributed by atoms with Crippen LogP contribution in [0.1, 0.15) is 41.7 Å². The fourth-order valence-electron chi connectivity index (χ4n) is 8.93. The molecular weight excluding hydrogens is 682 g/mol. The molecule has 0 radical (unpaired) electrons. The number of methoxy groups -OCH3 is 2. The minimum atomic E-state index is -2.52. The van der Waals surface area contributed by atoms with E-state index in [4.69, 9.17) is 28.4 Å². The van der Waals surface area contributed by atoms with Gasteiger partial charge in [0.25, 0.3) is 0 Å². The predicted octanol–water partition coefficient (Wildman–Crippen LogP) is 0.373. The number of piperidine rings is 1. The van der Waals surface area contributed by atoms with Crippen LogP contribution in [0.3, 0.4) is 0 Å². The lowest BCUT2D eigenvalue weighted by Crippen LogP contribution is -2.87. The lowest BCUT2D eigenvalue weighted by Gasteiger charge is -2.58. The number of aliphatic carboxylic acids is 1. The minimum Gasteiger partial charge on any atom is -0.508 e. The fourth-order valence-corrected chi connectivity index (χ4v) is 8.93. The normalized spacial score (nSPS) is 35.3. The molecule has 2 saturated heterocycles.